The lowest BCUT2D eigenvalue weighted by atomic mass is 9.73. The van der Waals surface area contributed by atoms with Gasteiger partial charge in [-0.1, -0.05) is 0 Å². The number of nitrogens with zero attached hydrogens (tertiary/aromatic N) is 1. The van der Waals surface area contributed by atoms with Crippen molar-refractivity contribution in [1.29, 1.82) is 0 Å². The number of phenols is 1. The number of carbonyl (C=O) groups is 2. The summed E-state index contributed by atoms with van der Waals surface area (Å²) in [5.41, 5.74) is 1.53. The third-order valence-corrected chi connectivity index (χ3v) is 6.39. The molecule has 1 heterocycles. The first kappa shape index (κ1) is 24.1. The first-order valence-corrected chi connectivity index (χ1v) is 11.2. The molecule has 0 aromatic heterocycles. The smallest absolute Gasteiger partial charge is 0.314 e. The standard InChI is InChI=1S/C25H26N2O8/c1-4-35-22-10-14(8-19(25(22)30)27(31)32)17-12-23(29)26-18-7-13(9-20(28)24(17)18)16-11-15(33-2)5-6-21(16)34-3/h5-6,8,10-11,13,17,30H,4,7,9,12H2,1-3H3,(H,26,29)/t13-,17-/m1/s1. The second-order valence-electron chi connectivity index (χ2n) is 8.41. The van der Waals surface area contributed by atoms with Gasteiger partial charge in [0.2, 0.25) is 11.7 Å². The van der Waals surface area contributed by atoms with Crippen LogP contribution in [0.15, 0.2) is 41.6 Å². The van der Waals surface area contributed by atoms with E-state index in [0.717, 1.165) is 5.56 Å². The molecule has 10 heteroatoms. The topological polar surface area (TPSA) is 137 Å². The zero-order valence-corrected chi connectivity index (χ0v) is 19.6. The van der Waals surface area contributed by atoms with Gasteiger partial charge in [0.25, 0.3) is 0 Å². The summed E-state index contributed by atoms with van der Waals surface area (Å²) in [6.07, 6.45) is 0.504. The Balaban J connectivity index is 1.78. The Bertz CT molecular complexity index is 1240. The summed E-state index contributed by atoms with van der Waals surface area (Å²) in [4.78, 5) is 36.9. The Kier molecular flexibility index (Phi) is 6.63. The molecule has 184 valence electrons. The Morgan fingerprint density at radius 1 is 1.09 bits per heavy atom. The molecule has 0 bridgehead atoms. The van der Waals surface area contributed by atoms with Crippen LogP contribution in [0.3, 0.4) is 0 Å². The number of phenolic OH excluding ortho intramolecular Hbond substituents is 1. The van der Waals surface area contributed by atoms with E-state index in [2.05, 4.69) is 5.32 Å². The molecule has 10 nitrogen and oxygen atoms in total. The van der Waals surface area contributed by atoms with Crippen LogP contribution in [0, 0.1) is 10.1 Å². The Hall–Kier alpha value is -4.08. The van der Waals surface area contributed by atoms with Gasteiger partial charge in [0.1, 0.15) is 11.5 Å². The van der Waals surface area contributed by atoms with E-state index in [0.29, 0.717) is 34.8 Å². The van der Waals surface area contributed by atoms with E-state index in [9.17, 15) is 24.8 Å². The van der Waals surface area contributed by atoms with Crippen LogP contribution in [0.4, 0.5) is 5.69 Å². The van der Waals surface area contributed by atoms with Crippen LogP contribution in [0.2, 0.25) is 0 Å². The lowest BCUT2D eigenvalue weighted by Gasteiger charge is -2.35. The summed E-state index contributed by atoms with van der Waals surface area (Å²) in [5, 5.41) is 24.6. The van der Waals surface area contributed by atoms with Crippen molar-refractivity contribution >= 4 is 17.4 Å². The maximum atomic E-state index is 13.5. The van der Waals surface area contributed by atoms with Crippen LogP contribution >= 0.6 is 0 Å². The minimum absolute atomic E-state index is 0.0504. The number of amides is 1. The average molecular weight is 482 g/mol. The maximum absolute atomic E-state index is 13.5. The number of nitrogens with one attached hydrogen (secondary N) is 1. The van der Waals surface area contributed by atoms with Crippen LogP contribution in [0.25, 0.3) is 0 Å². The largest absolute Gasteiger partial charge is 0.500 e. The fraction of sp³-hybridized carbons (Fsp3) is 0.360. The number of benzene rings is 2. The van der Waals surface area contributed by atoms with Gasteiger partial charge in [-0.15, -0.1) is 0 Å². The number of aromatic hydroxyl groups is 1. The number of carbonyl (C=O) groups excluding carboxylic acids is 2. The fourth-order valence-electron chi connectivity index (χ4n) is 4.84. The van der Waals surface area contributed by atoms with Crippen molar-refractivity contribution in [2.45, 2.75) is 38.0 Å². The van der Waals surface area contributed by atoms with Crippen molar-refractivity contribution < 1.29 is 33.8 Å². The van der Waals surface area contributed by atoms with Gasteiger partial charge in [0.15, 0.2) is 11.5 Å². The van der Waals surface area contributed by atoms with Gasteiger partial charge in [0.05, 0.1) is 25.7 Å². The number of ether oxygens (including phenoxy) is 3. The van der Waals surface area contributed by atoms with E-state index < -0.39 is 22.3 Å². The predicted molar refractivity (Wildman–Crippen MR) is 125 cm³/mol. The number of allylic oxidation sites excluding steroid dienone is 2. The molecule has 0 fully saturated rings. The van der Waals surface area contributed by atoms with E-state index in [1.165, 1.54) is 12.1 Å². The number of nitro groups is 1. The van der Waals surface area contributed by atoms with Crippen LogP contribution in [-0.2, 0) is 9.59 Å². The van der Waals surface area contributed by atoms with Crippen LogP contribution in [-0.4, -0.2) is 42.5 Å². The molecule has 0 saturated heterocycles. The number of hydrogen-bond donors (Lipinski definition) is 2. The number of Topliss-reactive ketones (excluding diaryl/α,β-unsaturated/α-hetero) is 1. The molecule has 2 aliphatic rings. The van der Waals surface area contributed by atoms with Gasteiger partial charge in [-0.05, 0) is 43.2 Å². The van der Waals surface area contributed by atoms with Gasteiger partial charge in [-0.25, -0.2) is 0 Å². The number of hydrogen-bond acceptors (Lipinski definition) is 8. The monoisotopic (exact) mass is 482 g/mol. The third kappa shape index (κ3) is 4.51. The van der Waals surface area contributed by atoms with Crippen molar-refractivity contribution in [3.05, 3.63) is 62.8 Å². The Labute approximate surface area is 201 Å². The van der Waals surface area contributed by atoms with E-state index >= 15 is 0 Å². The molecule has 35 heavy (non-hydrogen) atoms. The molecule has 2 N–H and O–H groups in total. The quantitative estimate of drug-likeness (QED) is 0.450. The molecule has 4 rings (SSSR count). The first-order valence-electron chi connectivity index (χ1n) is 11.2. The van der Waals surface area contributed by atoms with Gasteiger partial charge in [-0.2, -0.15) is 0 Å². The van der Waals surface area contributed by atoms with Crippen molar-refractivity contribution in [1.82, 2.24) is 5.32 Å². The van der Waals surface area contributed by atoms with Gasteiger partial charge in [0, 0.05) is 47.6 Å². The summed E-state index contributed by atoms with van der Waals surface area (Å²) in [6, 6.07) is 8.03. The van der Waals surface area contributed by atoms with Crippen LogP contribution in [0.5, 0.6) is 23.0 Å². The number of methoxy groups -OCH3 is 2. The SMILES string of the molecule is CCOc1cc([C@H]2CC(=O)NC3=C2C(=O)C[C@H](c2cc(OC)ccc2OC)C3)cc([N+](=O)[O-])c1O. The van der Waals surface area contributed by atoms with Crippen LogP contribution < -0.4 is 19.5 Å². The highest BCUT2D eigenvalue weighted by Gasteiger charge is 2.40. The van der Waals surface area contributed by atoms with E-state index in [4.69, 9.17) is 14.2 Å². The van der Waals surface area contributed by atoms with Gasteiger partial charge >= 0.3 is 5.69 Å². The molecule has 0 saturated carbocycles. The molecule has 0 unspecified atom stereocenters. The van der Waals surface area contributed by atoms with E-state index in [1.807, 2.05) is 6.07 Å². The van der Waals surface area contributed by atoms with Crippen molar-refractivity contribution in [2.75, 3.05) is 20.8 Å². The normalized spacial score (nSPS) is 19.6. The number of ketones is 1. The van der Waals surface area contributed by atoms with Crippen molar-refractivity contribution in [2.24, 2.45) is 0 Å². The summed E-state index contributed by atoms with van der Waals surface area (Å²) in [5.74, 6) is -0.827. The van der Waals surface area contributed by atoms with E-state index in [1.54, 1.807) is 33.3 Å². The molecular formula is C25H26N2O8. The highest BCUT2D eigenvalue weighted by atomic mass is 16.6. The maximum Gasteiger partial charge on any atom is 0.314 e. The minimum atomic E-state index is -0.715. The molecule has 2 aromatic rings. The lowest BCUT2D eigenvalue weighted by molar-refractivity contribution is -0.386. The summed E-state index contributed by atoms with van der Waals surface area (Å²) in [7, 11) is 3.10. The van der Waals surface area contributed by atoms with Crippen molar-refractivity contribution in [3.63, 3.8) is 0 Å². The molecule has 0 radical (unpaired) electrons. The highest BCUT2D eigenvalue weighted by molar-refractivity contribution is 6.02. The highest BCUT2D eigenvalue weighted by Crippen LogP contribution is 2.47. The number of rotatable bonds is 7. The zero-order chi connectivity index (χ0) is 25.3. The molecule has 0 spiro atoms. The molecule has 1 aliphatic carbocycles. The minimum Gasteiger partial charge on any atom is -0.500 e. The zero-order valence-electron chi connectivity index (χ0n) is 19.6. The van der Waals surface area contributed by atoms with Gasteiger partial charge in [-0.3, -0.25) is 19.7 Å². The molecule has 2 atom stereocenters. The van der Waals surface area contributed by atoms with Crippen LogP contribution in [0.1, 0.15) is 49.1 Å². The first-order chi connectivity index (χ1) is 16.8. The van der Waals surface area contributed by atoms with E-state index in [-0.39, 0.29) is 42.8 Å². The Morgan fingerprint density at radius 3 is 2.51 bits per heavy atom. The summed E-state index contributed by atoms with van der Waals surface area (Å²) < 4.78 is 16.2. The molecular weight excluding hydrogens is 456 g/mol. The lowest BCUT2D eigenvalue weighted by Crippen LogP contribution is -2.38. The fourth-order valence-corrected chi connectivity index (χ4v) is 4.84. The molecule has 1 aliphatic heterocycles. The Morgan fingerprint density at radius 2 is 1.86 bits per heavy atom. The predicted octanol–water partition coefficient (Wildman–Crippen LogP) is 3.72. The second-order valence-corrected chi connectivity index (χ2v) is 8.41. The third-order valence-electron chi connectivity index (χ3n) is 6.39. The van der Waals surface area contributed by atoms with Gasteiger partial charge < -0.3 is 24.6 Å². The number of nitro benzene ring substituents is 1. The average Bonchev–Trinajstić information content (AvgIpc) is 2.83. The van der Waals surface area contributed by atoms with Crippen molar-refractivity contribution in [3.8, 4) is 23.0 Å². The summed E-state index contributed by atoms with van der Waals surface area (Å²) in [6.45, 7) is 1.86. The summed E-state index contributed by atoms with van der Waals surface area (Å²) >= 11 is 0. The molecule has 1 amide bonds. The second kappa shape index (κ2) is 9.65. The molecule has 2 aromatic carbocycles.